The molecule has 13 aromatic rings. The minimum Gasteiger partial charge on any atom is -0.316 e. The normalized spacial score (nSPS) is 11.7. The largest absolute Gasteiger partial charge is 0.316 e. The number of benzene rings is 9. The van der Waals surface area contributed by atoms with Gasteiger partial charge in [-0.05, 0) is 83.9 Å². The van der Waals surface area contributed by atoms with Crippen LogP contribution in [0.25, 0.3) is 117 Å². The summed E-state index contributed by atoms with van der Waals surface area (Å²) in [5.41, 5.74) is 14.2. The van der Waals surface area contributed by atoms with Gasteiger partial charge in [-0.2, -0.15) is 0 Å². The van der Waals surface area contributed by atoms with E-state index >= 15 is 0 Å². The van der Waals surface area contributed by atoms with Crippen LogP contribution in [0.3, 0.4) is 0 Å². The molecule has 4 aromatic heterocycles. The predicted octanol–water partition coefficient (Wildman–Crippen LogP) is 14.7. The minimum absolute atomic E-state index is 0.633. The van der Waals surface area contributed by atoms with E-state index < -0.39 is 0 Å². The molecule has 0 unspecified atom stereocenters. The maximum atomic E-state index is 5.01. The quantitative estimate of drug-likeness (QED) is 0.161. The fourth-order valence-electron chi connectivity index (χ4n) is 9.70. The second kappa shape index (κ2) is 14.9. The van der Waals surface area contributed by atoms with E-state index in [2.05, 4.69) is 184 Å². The lowest BCUT2D eigenvalue weighted by molar-refractivity contribution is 1.07. The third-order valence-electron chi connectivity index (χ3n) is 12.7. The number of hydrogen-bond donors (Lipinski definition) is 0. The number of hydrogen-bond acceptors (Lipinski definition) is 3. The molecule has 6 nitrogen and oxygen atoms in total. The fourth-order valence-corrected chi connectivity index (χ4v) is 9.70. The molecule has 0 saturated carbocycles. The van der Waals surface area contributed by atoms with Gasteiger partial charge in [-0.25, -0.2) is 15.0 Å². The van der Waals surface area contributed by atoms with Crippen LogP contribution in [0, 0.1) is 0 Å². The molecule has 4 heterocycles. The van der Waals surface area contributed by atoms with Gasteiger partial charge in [-0.1, -0.05) is 152 Å². The molecule has 0 aliphatic rings. The molecule has 0 atom stereocenters. The molecule has 9 aromatic carbocycles. The van der Waals surface area contributed by atoms with Crippen LogP contribution < -0.4 is 0 Å². The molecule has 0 N–H and O–H groups in total. The van der Waals surface area contributed by atoms with Crippen molar-refractivity contribution in [2.75, 3.05) is 0 Å². The Hall–Kier alpha value is -8.87. The number of para-hydroxylation sites is 3. The molecule has 13 rings (SSSR count). The maximum absolute atomic E-state index is 5.01. The number of fused-ring (bicyclic) bond motifs is 8. The highest BCUT2D eigenvalue weighted by molar-refractivity contribution is 6.27. The Morgan fingerprint density at radius 2 is 0.862 bits per heavy atom. The number of rotatable bonds is 7. The summed E-state index contributed by atoms with van der Waals surface area (Å²) in [6.07, 6.45) is 2.19. The molecule has 0 aliphatic heterocycles. The molecule has 0 saturated heterocycles. The van der Waals surface area contributed by atoms with E-state index in [-0.39, 0.29) is 0 Å². The monoisotopic (exact) mass is 830 g/mol. The summed E-state index contributed by atoms with van der Waals surface area (Å²) in [6, 6.07) is 79.5. The smallest absolute Gasteiger partial charge is 0.164 e. The first kappa shape index (κ1) is 36.8. The van der Waals surface area contributed by atoms with Crippen molar-refractivity contribution in [2.24, 2.45) is 0 Å². The SMILES string of the molecule is c1ccc(-c2nc(-c3ccccc3)nc(-c3cccc(-c4ccc(-n5c6ccccc6c6ccc7c(c8cc9ccn(-c%10ccccc%10)c9cc8n7-c7ccccc7)c65)cc4)c3)n2)cc1. The third kappa shape index (κ3) is 6.07. The van der Waals surface area contributed by atoms with E-state index in [9.17, 15) is 0 Å². The Morgan fingerprint density at radius 3 is 1.55 bits per heavy atom. The van der Waals surface area contributed by atoms with Crippen LogP contribution in [-0.4, -0.2) is 28.7 Å². The third-order valence-corrected chi connectivity index (χ3v) is 12.7. The molecule has 304 valence electrons. The summed E-state index contributed by atoms with van der Waals surface area (Å²) in [4.78, 5) is 14.9. The second-order valence-corrected chi connectivity index (χ2v) is 16.5. The van der Waals surface area contributed by atoms with Crippen molar-refractivity contribution in [3.63, 3.8) is 0 Å². The summed E-state index contributed by atoms with van der Waals surface area (Å²) in [5.74, 6) is 1.92. The Balaban J connectivity index is 0.978. The van der Waals surface area contributed by atoms with E-state index in [1.165, 1.54) is 54.5 Å². The van der Waals surface area contributed by atoms with Gasteiger partial charge in [0.15, 0.2) is 17.5 Å². The van der Waals surface area contributed by atoms with E-state index in [4.69, 9.17) is 15.0 Å². The first-order valence-corrected chi connectivity index (χ1v) is 21.9. The molecule has 6 heteroatoms. The van der Waals surface area contributed by atoms with Crippen LogP contribution >= 0.6 is 0 Å². The lowest BCUT2D eigenvalue weighted by Crippen LogP contribution is -2.00. The Morgan fingerprint density at radius 1 is 0.292 bits per heavy atom. The molecule has 0 bridgehead atoms. The predicted molar refractivity (Wildman–Crippen MR) is 267 cm³/mol. The van der Waals surface area contributed by atoms with Crippen LogP contribution in [0.4, 0.5) is 0 Å². The van der Waals surface area contributed by atoms with Gasteiger partial charge in [-0.3, -0.25) is 0 Å². The van der Waals surface area contributed by atoms with E-state index in [0.717, 1.165) is 44.9 Å². The second-order valence-electron chi connectivity index (χ2n) is 16.5. The van der Waals surface area contributed by atoms with Gasteiger partial charge in [-0.15, -0.1) is 0 Å². The van der Waals surface area contributed by atoms with Gasteiger partial charge < -0.3 is 13.7 Å². The zero-order valence-corrected chi connectivity index (χ0v) is 35.1. The zero-order chi connectivity index (χ0) is 42.8. The Kier molecular flexibility index (Phi) is 8.42. The standard InChI is InChI=1S/C59H38N6/c1-5-16-40(17-6-1)57-60-58(41-18-7-2-8-19-41)62-59(61-57)44-21-15-20-42(36-44)39-28-30-47(31-29-39)65-51-27-14-13-26-48(51)49-32-33-52-55(56(49)65)50-37-43-34-35-63(45-22-9-3-10-23-45)53(43)38-54(50)64(52)46-24-11-4-12-25-46/h1-38H. The van der Waals surface area contributed by atoms with Gasteiger partial charge in [0.05, 0.1) is 27.6 Å². The molecule has 65 heavy (non-hydrogen) atoms. The van der Waals surface area contributed by atoms with E-state index in [1.807, 2.05) is 60.7 Å². The highest BCUT2D eigenvalue weighted by atomic mass is 15.0. The van der Waals surface area contributed by atoms with Gasteiger partial charge in [0.25, 0.3) is 0 Å². The molecular weight excluding hydrogens is 793 g/mol. The van der Waals surface area contributed by atoms with Crippen LogP contribution in [-0.2, 0) is 0 Å². The number of aromatic nitrogens is 6. The zero-order valence-electron chi connectivity index (χ0n) is 35.1. The van der Waals surface area contributed by atoms with Gasteiger partial charge in [0.2, 0.25) is 0 Å². The maximum Gasteiger partial charge on any atom is 0.164 e. The molecule has 0 spiro atoms. The van der Waals surface area contributed by atoms with Crippen molar-refractivity contribution in [2.45, 2.75) is 0 Å². The van der Waals surface area contributed by atoms with Crippen molar-refractivity contribution in [3.05, 3.63) is 231 Å². The minimum atomic E-state index is 0.633. The highest BCUT2D eigenvalue weighted by Gasteiger charge is 2.22. The topological polar surface area (TPSA) is 53.5 Å². The van der Waals surface area contributed by atoms with Crippen LogP contribution in [0.2, 0.25) is 0 Å². The lowest BCUT2D eigenvalue weighted by Gasteiger charge is -2.12. The van der Waals surface area contributed by atoms with Crippen molar-refractivity contribution in [1.82, 2.24) is 28.7 Å². The van der Waals surface area contributed by atoms with Crippen molar-refractivity contribution < 1.29 is 0 Å². The highest BCUT2D eigenvalue weighted by Crippen LogP contribution is 2.43. The first-order chi connectivity index (χ1) is 32.2. The fraction of sp³-hybridized carbons (Fsp3) is 0. The summed E-state index contributed by atoms with van der Waals surface area (Å²) in [7, 11) is 0. The van der Waals surface area contributed by atoms with Gasteiger partial charge >= 0.3 is 0 Å². The molecular formula is C59H38N6. The molecule has 0 amide bonds. The van der Waals surface area contributed by atoms with Crippen LogP contribution in [0.15, 0.2) is 231 Å². The summed E-state index contributed by atoms with van der Waals surface area (Å²) >= 11 is 0. The van der Waals surface area contributed by atoms with Crippen LogP contribution in [0.1, 0.15) is 0 Å². The Labute approximate surface area is 374 Å². The van der Waals surface area contributed by atoms with Crippen molar-refractivity contribution in [3.8, 4) is 62.4 Å². The number of nitrogens with zero attached hydrogens (tertiary/aromatic N) is 6. The van der Waals surface area contributed by atoms with Crippen molar-refractivity contribution >= 4 is 54.5 Å². The van der Waals surface area contributed by atoms with E-state index in [0.29, 0.717) is 17.5 Å². The van der Waals surface area contributed by atoms with Crippen LogP contribution in [0.5, 0.6) is 0 Å². The summed E-state index contributed by atoms with van der Waals surface area (Å²) in [6.45, 7) is 0. The average molecular weight is 831 g/mol. The molecule has 0 radical (unpaired) electrons. The van der Waals surface area contributed by atoms with E-state index in [1.54, 1.807) is 0 Å². The lowest BCUT2D eigenvalue weighted by atomic mass is 10.0. The Bertz CT molecular complexity index is 3850. The molecule has 0 aliphatic carbocycles. The van der Waals surface area contributed by atoms with Gasteiger partial charge in [0.1, 0.15) is 0 Å². The van der Waals surface area contributed by atoms with Gasteiger partial charge in [0, 0.05) is 66.9 Å². The summed E-state index contributed by atoms with van der Waals surface area (Å²) in [5, 5.41) is 6.09. The molecule has 0 fully saturated rings. The van der Waals surface area contributed by atoms with Crippen molar-refractivity contribution in [1.29, 1.82) is 0 Å². The summed E-state index contributed by atoms with van der Waals surface area (Å²) < 4.78 is 7.18. The average Bonchev–Trinajstić information content (AvgIpc) is 4.06. The first-order valence-electron chi connectivity index (χ1n) is 21.9.